The van der Waals surface area contributed by atoms with Gasteiger partial charge in [0, 0.05) is 6.42 Å². The van der Waals surface area contributed by atoms with E-state index < -0.39 is 0 Å². The van der Waals surface area contributed by atoms with E-state index in [1.54, 1.807) is 13.0 Å². The van der Waals surface area contributed by atoms with Gasteiger partial charge in [0.2, 0.25) is 0 Å². The molecule has 1 aliphatic heterocycles. The summed E-state index contributed by atoms with van der Waals surface area (Å²) in [5, 5.41) is 0. The normalized spacial score (nSPS) is 36.3. The Bertz CT molecular complexity index is 189. The summed E-state index contributed by atoms with van der Waals surface area (Å²) in [5.41, 5.74) is 0. The van der Waals surface area contributed by atoms with Crippen molar-refractivity contribution in [2.45, 2.75) is 39.7 Å². The maximum atomic E-state index is 13.0. The van der Waals surface area contributed by atoms with Gasteiger partial charge in [-0.2, -0.15) is 0 Å². The van der Waals surface area contributed by atoms with Crippen LogP contribution in [0.15, 0.2) is 11.9 Å². The molecule has 0 aromatic rings. The first-order valence-electron chi connectivity index (χ1n) is 5.05. The van der Waals surface area contributed by atoms with Crippen LogP contribution in [0.4, 0.5) is 4.39 Å². The van der Waals surface area contributed by atoms with Crippen LogP contribution in [0.25, 0.3) is 0 Å². The molecule has 0 aromatic carbocycles. The Balaban J connectivity index is 2.42. The van der Waals surface area contributed by atoms with Crippen molar-refractivity contribution >= 4 is 0 Å². The molecule has 3 unspecified atom stereocenters. The molecule has 0 radical (unpaired) electrons. The molecule has 0 aromatic heterocycles. The molecule has 0 N–H and O–H groups in total. The van der Waals surface area contributed by atoms with Crippen LogP contribution in [0.3, 0.4) is 0 Å². The van der Waals surface area contributed by atoms with Gasteiger partial charge >= 0.3 is 0 Å². The minimum Gasteiger partial charge on any atom is -0.378 e. The van der Waals surface area contributed by atoms with Crippen LogP contribution in [0, 0.1) is 11.8 Å². The highest BCUT2D eigenvalue weighted by Gasteiger charge is 2.26. The molecule has 0 bridgehead atoms. The molecule has 1 fully saturated rings. The highest BCUT2D eigenvalue weighted by atomic mass is 19.1. The Hall–Kier alpha value is -0.370. The fourth-order valence-corrected chi connectivity index (χ4v) is 1.86. The van der Waals surface area contributed by atoms with E-state index in [-0.39, 0.29) is 5.83 Å². The second-order valence-corrected chi connectivity index (χ2v) is 4.06. The number of rotatable bonds is 2. The van der Waals surface area contributed by atoms with Gasteiger partial charge in [0.25, 0.3) is 0 Å². The lowest BCUT2D eigenvalue weighted by molar-refractivity contribution is -0.0332. The summed E-state index contributed by atoms with van der Waals surface area (Å²) in [6.45, 7) is 6.72. The van der Waals surface area contributed by atoms with Crippen molar-refractivity contribution in [1.29, 1.82) is 0 Å². The summed E-state index contributed by atoms with van der Waals surface area (Å²) < 4.78 is 18.5. The molecular formula is C11H19FO. The predicted octanol–water partition coefficient (Wildman–Crippen LogP) is 3.31. The van der Waals surface area contributed by atoms with Gasteiger partial charge in [0.1, 0.15) is 0 Å². The van der Waals surface area contributed by atoms with Gasteiger partial charge in [-0.15, -0.1) is 0 Å². The first-order valence-corrected chi connectivity index (χ1v) is 5.05. The quantitative estimate of drug-likeness (QED) is 0.643. The van der Waals surface area contributed by atoms with Crippen molar-refractivity contribution in [2.75, 3.05) is 6.61 Å². The van der Waals surface area contributed by atoms with E-state index in [0.29, 0.717) is 31.0 Å². The summed E-state index contributed by atoms with van der Waals surface area (Å²) >= 11 is 0. The summed E-state index contributed by atoms with van der Waals surface area (Å²) in [6.07, 6.45) is 3.50. The Morgan fingerprint density at radius 2 is 2.23 bits per heavy atom. The van der Waals surface area contributed by atoms with Gasteiger partial charge < -0.3 is 4.74 Å². The average Bonchev–Trinajstić information content (AvgIpc) is 2.09. The molecule has 0 amide bonds. The van der Waals surface area contributed by atoms with Crippen LogP contribution < -0.4 is 0 Å². The van der Waals surface area contributed by atoms with Crippen molar-refractivity contribution in [1.82, 2.24) is 0 Å². The second-order valence-electron chi connectivity index (χ2n) is 4.06. The molecular weight excluding hydrogens is 167 g/mol. The van der Waals surface area contributed by atoms with Gasteiger partial charge in [-0.05, 0) is 32.1 Å². The van der Waals surface area contributed by atoms with E-state index >= 15 is 0 Å². The first-order chi connectivity index (χ1) is 6.13. The third kappa shape index (κ3) is 3.11. The Kier molecular flexibility index (Phi) is 3.91. The second kappa shape index (κ2) is 4.75. The molecule has 1 aliphatic rings. The minimum atomic E-state index is -0.00463. The number of hydrogen-bond acceptors (Lipinski definition) is 1. The standard InChI is InChI=1S/C11H19FO/c1-4-11(12)6-10-7-13-9(3)5-8(10)2/h4,8-10H,5-7H2,1-3H3. The zero-order valence-corrected chi connectivity index (χ0v) is 8.72. The van der Waals surface area contributed by atoms with E-state index in [0.717, 1.165) is 6.42 Å². The Morgan fingerprint density at radius 3 is 2.77 bits per heavy atom. The highest BCUT2D eigenvalue weighted by Crippen LogP contribution is 2.30. The molecule has 2 heteroatoms. The average molecular weight is 186 g/mol. The summed E-state index contributed by atoms with van der Waals surface area (Å²) in [7, 11) is 0. The summed E-state index contributed by atoms with van der Waals surface area (Å²) in [6, 6.07) is 0. The minimum absolute atomic E-state index is 0.00463. The molecule has 0 spiro atoms. The molecule has 1 saturated heterocycles. The van der Waals surface area contributed by atoms with Crippen molar-refractivity contribution in [3.8, 4) is 0 Å². The number of ether oxygens (including phenoxy) is 1. The van der Waals surface area contributed by atoms with Crippen LogP contribution >= 0.6 is 0 Å². The van der Waals surface area contributed by atoms with Crippen LogP contribution in [-0.2, 0) is 4.74 Å². The molecule has 1 heterocycles. The zero-order valence-electron chi connectivity index (χ0n) is 8.72. The lowest BCUT2D eigenvalue weighted by Gasteiger charge is -2.32. The molecule has 1 nitrogen and oxygen atoms in total. The largest absolute Gasteiger partial charge is 0.378 e. The highest BCUT2D eigenvalue weighted by molar-refractivity contribution is 4.92. The zero-order chi connectivity index (χ0) is 9.84. The van der Waals surface area contributed by atoms with E-state index in [4.69, 9.17) is 4.74 Å². The third-order valence-corrected chi connectivity index (χ3v) is 2.87. The molecule has 13 heavy (non-hydrogen) atoms. The fourth-order valence-electron chi connectivity index (χ4n) is 1.86. The monoisotopic (exact) mass is 186 g/mol. The SMILES string of the molecule is CC=C(F)CC1COC(C)CC1C. The number of halogens is 1. The maximum absolute atomic E-state index is 13.0. The molecule has 3 atom stereocenters. The van der Waals surface area contributed by atoms with Crippen LogP contribution in [0.2, 0.25) is 0 Å². The topological polar surface area (TPSA) is 9.23 Å². The van der Waals surface area contributed by atoms with E-state index in [9.17, 15) is 4.39 Å². The van der Waals surface area contributed by atoms with Gasteiger partial charge in [0.05, 0.1) is 18.5 Å². The number of allylic oxidation sites excluding steroid dienone is 2. The van der Waals surface area contributed by atoms with Gasteiger partial charge in [0.15, 0.2) is 0 Å². The third-order valence-electron chi connectivity index (χ3n) is 2.87. The predicted molar refractivity (Wildman–Crippen MR) is 52.2 cm³/mol. The summed E-state index contributed by atoms with van der Waals surface area (Å²) in [4.78, 5) is 0. The van der Waals surface area contributed by atoms with Crippen LogP contribution in [0.1, 0.15) is 33.6 Å². The van der Waals surface area contributed by atoms with Crippen molar-refractivity contribution in [2.24, 2.45) is 11.8 Å². The summed E-state index contributed by atoms with van der Waals surface area (Å²) in [5.74, 6) is 0.942. The smallest absolute Gasteiger partial charge is 0.0960 e. The lowest BCUT2D eigenvalue weighted by atomic mass is 9.85. The Morgan fingerprint density at radius 1 is 1.54 bits per heavy atom. The number of hydrogen-bond donors (Lipinski definition) is 0. The first kappa shape index (κ1) is 10.7. The van der Waals surface area contributed by atoms with E-state index in [1.165, 1.54) is 0 Å². The van der Waals surface area contributed by atoms with Gasteiger partial charge in [-0.25, -0.2) is 4.39 Å². The van der Waals surface area contributed by atoms with Gasteiger partial charge in [-0.3, -0.25) is 0 Å². The van der Waals surface area contributed by atoms with Gasteiger partial charge in [-0.1, -0.05) is 13.0 Å². The maximum Gasteiger partial charge on any atom is 0.0960 e. The lowest BCUT2D eigenvalue weighted by Crippen LogP contribution is -2.30. The fraction of sp³-hybridized carbons (Fsp3) is 0.818. The molecule has 1 rings (SSSR count). The van der Waals surface area contributed by atoms with Crippen molar-refractivity contribution < 1.29 is 9.13 Å². The molecule has 0 saturated carbocycles. The Labute approximate surface area is 80.0 Å². The molecule has 0 aliphatic carbocycles. The van der Waals surface area contributed by atoms with Crippen molar-refractivity contribution in [3.63, 3.8) is 0 Å². The molecule has 76 valence electrons. The van der Waals surface area contributed by atoms with Crippen LogP contribution in [-0.4, -0.2) is 12.7 Å². The van der Waals surface area contributed by atoms with E-state index in [2.05, 4.69) is 13.8 Å². The van der Waals surface area contributed by atoms with E-state index in [1.807, 2.05) is 0 Å². The van der Waals surface area contributed by atoms with Crippen LogP contribution in [0.5, 0.6) is 0 Å². The van der Waals surface area contributed by atoms with Crippen molar-refractivity contribution in [3.05, 3.63) is 11.9 Å².